The maximum Gasteiger partial charge on any atom is 0.318 e. The summed E-state index contributed by atoms with van der Waals surface area (Å²) in [7, 11) is 0. The minimum absolute atomic E-state index is 0.0119. The normalized spacial score (nSPS) is 21.3. The molecule has 2 heterocycles. The lowest BCUT2D eigenvalue weighted by Crippen LogP contribution is -2.46. The number of nitrogens with one attached hydrogen (secondary N) is 1. The van der Waals surface area contributed by atoms with Crippen molar-refractivity contribution >= 4 is 6.03 Å². The molecule has 0 spiro atoms. The Labute approximate surface area is 148 Å². The van der Waals surface area contributed by atoms with Crippen LogP contribution in [0.5, 0.6) is 0 Å². The molecule has 3 atom stereocenters. The molecule has 2 N–H and O–H groups in total. The van der Waals surface area contributed by atoms with Gasteiger partial charge < -0.3 is 15.3 Å². The van der Waals surface area contributed by atoms with Crippen molar-refractivity contribution in [1.29, 1.82) is 0 Å². The summed E-state index contributed by atoms with van der Waals surface area (Å²) in [4.78, 5) is 14.3. The molecule has 0 saturated carbocycles. The highest BCUT2D eigenvalue weighted by Crippen LogP contribution is 2.24. The number of likely N-dealkylation sites (tertiary alicyclic amines) is 1. The number of hydrogen-bond acceptors (Lipinski definition) is 3. The van der Waals surface area contributed by atoms with E-state index in [0.717, 1.165) is 12.0 Å². The first-order valence-corrected chi connectivity index (χ1v) is 8.82. The maximum absolute atomic E-state index is 12.5. The van der Waals surface area contributed by atoms with Crippen LogP contribution in [0.3, 0.4) is 0 Å². The van der Waals surface area contributed by atoms with Crippen molar-refractivity contribution in [3.63, 3.8) is 0 Å². The minimum Gasteiger partial charge on any atom is -0.394 e. The number of hydrogen-bond donors (Lipinski definition) is 2. The summed E-state index contributed by atoms with van der Waals surface area (Å²) in [6.07, 6.45) is 4.69. The van der Waals surface area contributed by atoms with Crippen LogP contribution >= 0.6 is 0 Å². The van der Waals surface area contributed by atoms with E-state index in [1.165, 1.54) is 5.56 Å². The van der Waals surface area contributed by atoms with Gasteiger partial charge in [-0.1, -0.05) is 37.3 Å². The number of aromatic nitrogens is 2. The van der Waals surface area contributed by atoms with Crippen LogP contribution in [0.15, 0.2) is 42.7 Å². The molecular weight excluding hydrogens is 316 g/mol. The zero-order chi connectivity index (χ0) is 17.8. The highest BCUT2D eigenvalue weighted by molar-refractivity contribution is 5.75. The number of nitrogens with zero attached hydrogens (tertiary/aromatic N) is 3. The Morgan fingerprint density at radius 2 is 2.16 bits per heavy atom. The third-order valence-electron chi connectivity index (χ3n) is 5.01. The quantitative estimate of drug-likeness (QED) is 0.876. The van der Waals surface area contributed by atoms with Crippen molar-refractivity contribution in [2.75, 3.05) is 13.2 Å². The fourth-order valence-corrected chi connectivity index (χ4v) is 3.35. The van der Waals surface area contributed by atoms with E-state index in [9.17, 15) is 9.90 Å². The summed E-state index contributed by atoms with van der Waals surface area (Å²) < 4.78 is 1.88. The summed E-state index contributed by atoms with van der Waals surface area (Å²) in [5, 5.41) is 16.9. The van der Waals surface area contributed by atoms with Crippen LogP contribution in [0.25, 0.3) is 0 Å². The van der Waals surface area contributed by atoms with E-state index >= 15 is 0 Å². The van der Waals surface area contributed by atoms with Crippen LogP contribution < -0.4 is 5.32 Å². The van der Waals surface area contributed by atoms with E-state index in [1.54, 1.807) is 11.1 Å². The number of rotatable bonds is 5. The van der Waals surface area contributed by atoms with Gasteiger partial charge in [-0.3, -0.25) is 4.68 Å². The third-order valence-corrected chi connectivity index (χ3v) is 5.01. The molecule has 25 heavy (non-hydrogen) atoms. The van der Waals surface area contributed by atoms with E-state index in [0.29, 0.717) is 19.0 Å². The second-order valence-corrected chi connectivity index (χ2v) is 6.84. The molecule has 2 amide bonds. The molecule has 134 valence electrons. The lowest BCUT2D eigenvalue weighted by molar-refractivity contribution is 0.142. The average molecular weight is 342 g/mol. The highest BCUT2D eigenvalue weighted by atomic mass is 16.3. The van der Waals surface area contributed by atoms with Crippen LogP contribution in [0.1, 0.15) is 37.4 Å². The van der Waals surface area contributed by atoms with Crippen molar-refractivity contribution in [2.45, 2.75) is 38.9 Å². The van der Waals surface area contributed by atoms with Gasteiger partial charge in [0, 0.05) is 18.3 Å². The van der Waals surface area contributed by atoms with E-state index < -0.39 is 0 Å². The molecule has 1 aromatic carbocycles. The molecule has 3 rings (SSSR count). The molecule has 1 aromatic heterocycles. The second-order valence-electron chi connectivity index (χ2n) is 6.84. The molecule has 1 aliphatic rings. The monoisotopic (exact) mass is 342 g/mol. The Balaban J connectivity index is 1.60. The second kappa shape index (κ2) is 7.70. The van der Waals surface area contributed by atoms with E-state index in [4.69, 9.17) is 0 Å². The fraction of sp³-hybridized carbons (Fsp3) is 0.474. The van der Waals surface area contributed by atoms with Crippen molar-refractivity contribution in [3.05, 3.63) is 53.9 Å². The molecule has 3 unspecified atom stereocenters. The van der Waals surface area contributed by atoms with Gasteiger partial charge in [-0.05, 0) is 24.8 Å². The van der Waals surface area contributed by atoms with Crippen LogP contribution in [0.2, 0.25) is 0 Å². The first kappa shape index (κ1) is 17.5. The number of carbonyl (C=O) groups is 1. The lowest BCUT2D eigenvalue weighted by atomic mass is 10.0. The summed E-state index contributed by atoms with van der Waals surface area (Å²) in [6.45, 7) is 5.44. The van der Waals surface area contributed by atoms with Gasteiger partial charge in [-0.15, -0.1) is 0 Å². The molecule has 0 bridgehead atoms. The van der Waals surface area contributed by atoms with Gasteiger partial charge >= 0.3 is 6.03 Å². The summed E-state index contributed by atoms with van der Waals surface area (Å²) in [5.74, 6) is 0.333. The number of amides is 2. The number of benzene rings is 1. The Morgan fingerprint density at radius 1 is 1.40 bits per heavy atom. The fourth-order valence-electron chi connectivity index (χ4n) is 3.35. The molecule has 6 nitrogen and oxygen atoms in total. The molecule has 6 heteroatoms. The van der Waals surface area contributed by atoms with Gasteiger partial charge in [0.05, 0.1) is 31.4 Å². The van der Waals surface area contributed by atoms with Crippen LogP contribution in [0.4, 0.5) is 4.79 Å². The number of aliphatic hydroxyl groups excluding tert-OH is 1. The van der Waals surface area contributed by atoms with Crippen LogP contribution in [-0.2, 0) is 6.54 Å². The predicted octanol–water partition coefficient (Wildman–Crippen LogP) is 2.40. The Hall–Kier alpha value is -2.34. The number of carbonyl (C=O) groups excluding carboxylic acids is 1. The Morgan fingerprint density at radius 3 is 2.88 bits per heavy atom. The molecule has 2 aromatic rings. The topological polar surface area (TPSA) is 70.4 Å². The van der Waals surface area contributed by atoms with E-state index in [1.807, 2.05) is 36.0 Å². The molecule has 0 radical (unpaired) electrons. The summed E-state index contributed by atoms with van der Waals surface area (Å²) in [5.41, 5.74) is 2.16. The van der Waals surface area contributed by atoms with Gasteiger partial charge in [0.25, 0.3) is 0 Å². The molecule has 0 aliphatic carbocycles. The van der Waals surface area contributed by atoms with Gasteiger partial charge in [0.1, 0.15) is 0 Å². The largest absolute Gasteiger partial charge is 0.394 e. The highest BCUT2D eigenvalue weighted by Gasteiger charge is 2.34. The predicted molar refractivity (Wildman–Crippen MR) is 96.1 cm³/mol. The average Bonchev–Trinajstić information content (AvgIpc) is 3.22. The van der Waals surface area contributed by atoms with E-state index in [-0.39, 0.29) is 24.7 Å². The zero-order valence-electron chi connectivity index (χ0n) is 14.8. The van der Waals surface area contributed by atoms with Crippen LogP contribution in [-0.4, -0.2) is 45.0 Å². The molecule has 1 fully saturated rings. The maximum atomic E-state index is 12.5. The standard InChI is InChI=1S/C19H26N4O2/c1-14-8-9-23(18(14)13-24)19(25)21-15(2)17-10-20-22(12-17)11-16-6-4-3-5-7-16/h3-7,10,12,14-15,18,24H,8-9,11,13H2,1-2H3,(H,21,25). The first-order valence-electron chi connectivity index (χ1n) is 8.82. The molecule has 1 aliphatic heterocycles. The molecular formula is C19H26N4O2. The minimum atomic E-state index is -0.132. The molecule has 1 saturated heterocycles. The van der Waals surface area contributed by atoms with Crippen molar-refractivity contribution < 1.29 is 9.90 Å². The van der Waals surface area contributed by atoms with Crippen molar-refractivity contribution in [3.8, 4) is 0 Å². The summed E-state index contributed by atoms with van der Waals surface area (Å²) in [6, 6.07) is 9.81. The Bertz CT molecular complexity index is 700. The van der Waals surface area contributed by atoms with Crippen molar-refractivity contribution in [1.82, 2.24) is 20.0 Å². The van der Waals surface area contributed by atoms with E-state index in [2.05, 4.69) is 29.5 Å². The van der Waals surface area contributed by atoms with Gasteiger partial charge in [-0.2, -0.15) is 5.10 Å². The number of aliphatic hydroxyl groups is 1. The zero-order valence-corrected chi connectivity index (χ0v) is 14.8. The SMILES string of the molecule is CC(NC(=O)N1CCC(C)C1CO)c1cnn(Cc2ccccc2)c1. The van der Waals surface area contributed by atoms with Gasteiger partial charge in [-0.25, -0.2) is 4.79 Å². The first-order chi connectivity index (χ1) is 12.1. The third kappa shape index (κ3) is 4.02. The summed E-state index contributed by atoms with van der Waals surface area (Å²) >= 11 is 0. The lowest BCUT2D eigenvalue weighted by Gasteiger charge is -2.27. The van der Waals surface area contributed by atoms with Crippen LogP contribution in [0, 0.1) is 5.92 Å². The van der Waals surface area contributed by atoms with Gasteiger partial charge in [0.2, 0.25) is 0 Å². The smallest absolute Gasteiger partial charge is 0.318 e. The van der Waals surface area contributed by atoms with Crippen molar-refractivity contribution in [2.24, 2.45) is 5.92 Å². The van der Waals surface area contributed by atoms with Gasteiger partial charge in [0.15, 0.2) is 0 Å². The number of urea groups is 1. The Kier molecular flexibility index (Phi) is 5.38.